The molecule has 0 amide bonds. The van der Waals surface area contributed by atoms with E-state index < -0.39 is 0 Å². The number of guanidine groups is 1. The summed E-state index contributed by atoms with van der Waals surface area (Å²) in [6, 6.07) is 0.554. The largest absolute Gasteiger partial charge is 0.339 e. The van der Waals surface area contributed by atoms with E-state index in [4.69, 9.17) is 5.84 Å². The van der Waals surface area contributed by atoms with Gasteiger partial charge in [-0.25, -0.2) is 5.84 Å². The zero-order valence-electron chi connectivity index (χ0n) is 9.29. The van der Waals surface area contributed by atoms with Gasteiger partial charge >= 0.3 is 0 Å². The van der Waals surface area contributed by atoms with E-state index in [-0.39, 0.29) is 0 Å². The number of likely N-dealkylation sites (tertiary alicyclic amines) is 1. The molecule has 0 saturated carbocycles. The van der Waals surface area contributed by atoms with Crippen LogP contribution >= 0.6 is 0 Å². The van der Waals surface area contributed by atoms with E-state index in [1.807, 2.05) is 6.92 Å². The summed E-state index contributed by atoms with van der Waals surface area (Å²) in [6.45, 7) is 6.13. The van der Waals surface area contributed by atoms with Gasteiger partial charge in [0, 0.05) is 19.1 Å². The van der Waals surface area contributed by atoms with Crippen molar-refractivity contribution in [3.8, 4) is 0 Å². The second-order valence-corrected chi connectivity index (χ2v) is 3.83. The van der Waals surface area contributed by atoms with Gasteiger partial charge in [0.15, 0.2) is 0 Å². The van der Waals surface area contributed by atoms with E-state index in [1.165, 1.54) is 25.7 Å². The van der Waals surface area contributed by atoms with Crippen LogP contribution in [0.15, 0.2) is 4.99 Å². The molecule has 1 atom stereocenters. The Hall–Kier alpha value is -0.770. The molecule has 82 valence electrons. The van der Waals surface area contributed by atoms with E-state index >= 15 is 0 Å². The zero-order chi connectivity index (χ0) is 10.4. The number of rotatable bonds is 1. The first-order valence-corrected chi connectivity index (χ1v) is 5.57. The first kappa shape index (κ1) is 11.3. The number of hydrogen-bond donors (Lipinski definition) is 2. The molecule has 1 saturated heterocycles. The van der Waals surface area contributed by atoms with Gasteiger partial charge in [-0.3, -0.25) is 10.4 Å². The third kappa shape index (κ3) is 2.87. The van der Waals surface area contributed by atoms with Crippen LogP contribution in [0.4, 0.5) is 0 Å². The molecule has 0 aromatic rings. The highest BCUT2D eigenvalue weighted by molar-refractivity contribution is 5.79. The Morgan fingerprint density at radius 1 is 1.50 bits per heavy atom. The maximum absolute atomic E-state index is 5.48. The van der Waals surface area contributed by atoms with Gasteiger partial charge in [0.25, 0.3) is 0 Å². The number of aliphatic imine (C=N–C) groups is 1. The van der Waals surface area contributed by atoms with E-state index in [0.29, 0.717) is 6.04 Å². The summed E-state index contributed by atoms with van der Waals surface area (Å²) in [6.07, 6.45) is 5.13. The van der Waals surface area contributed by atoms with Crippen LogP contribution in [0, 0.1) is 0 Å². The fourth-order valence-corrected chi connectivity index (χ4v) is 1.96. The summed E-state index contributed by atoms with van der Waals surface area (Å²) in [5.74, 6) is 6.33. The molecule has 3 N–H and O–H groups in total. The number of hydrogen-bond acceptors (Lipinski definition) is 2. The molecule has 1 fully saturated rings. The van der Waals surface area contributed by atoms with Crippen molar-refractivity contribution in [1.29, 1.82) is 0 Å². The van der Waals surface area contributed by atoms with Crippen LogP contribution in [0.3, 0.4) is 0 Å². The molecule has 0 radical (unpaired) electrons. The topological polar surface area (TPSA) is 53.6 Å². The van der Waals surface area contributed by atoms with Gasteiger partial charge in [-0.15, -0.1) is 0 Å². The molecule has 4 nitrogen and oxygen atoms in total. The molecule has 1 rings (SSSR count). The van der Waals surface area contributed by atoms with Crippen LogP contribution in [0.1, 0.15) is 39.5 Å². The molecule has 1 unspecified atom stereocenters. The molecule has 1 heterocycles. The van der Waals surface area contributed by atoms with Crippen LogP contribution in [-0.4, -0.2) is 30.0 Å². The Kier molecular flexibility index (Phi) is 4.73. The molecule has 0 aromatic carbocycles. The summed E-state index contributed by atoms with van der Waals surface area (Å²) in [5, 5.41) is 0. The third-order valence-corrected chi connectivity index (χ3v) is 2.76. The smallest absolute Gasteiger partial charge is 0.208 e. The van der Waals surface area contributed by atoms with Gasteiger partial charge in [0.2, 0.25) is 5.96 Å². The Morgan fingerprint density at radius 2 is 2.29 bits per heavy atom. The first-order chi connectivity index (χ1) is 6.79. The standard InChI is InChI=1S/C10H22N4/c1-3-12-10(13-11)14-8-6-4-5-7-9(14)2/h9H,3-8,11H2,1-2H3,(H,12,13). The highest BCUT2D eigenvalue weighted by Gasteiger charge is 2.19. The third-order valence-electron chi connectivity index (χ3n) is 2.76. The molecule has 0 aromatic heterocycles. The molecular formula is C10H22N4. The van der Waals surface area contributed by atoms with E-state index in [9.17, 15) is 0 Å². The fourth-order valence-electron chi connectivity index (χ4n) is 1.96. The van der Waals surface area contributed by atoms with Crippen LogP contribution in [0.5, 0.6) is 0 Å². The summed E-state index contributed by atoms with van der Waals surface area (Å²) >= 11 is 0. The highest BCUT2D eigenvalue weighted by Crippen LogP contribution is 2.15. The molecular weight excluding hydrogens is 176 g/mol. The zero-order valence-corrected chi connectivity index (χ0v) is 9.29. The van der Waals surface area contributed by atoms with Gasteiger partial charge in [-0.1, -0.05) is 12.8 Å². The van der Waals surface area contributed by atoms with Gasteiger partial charge in [-0.2, -0.15) is 0 Å². The molecule has 4 heteroatoms. The van der Waals surface area contributed by atoms with Crippen molar-refractivity contribution in [2.24, 2.45) is 10.8 Å². The Bertz CT molecular complexity index is 191. The molecule has 14 heavy (non-hydrogen) atoms. The van der Waals surface area contributed by atoms with Crippen molar-refractivity contribution in [2.45, 2.75) is 45.6 Å². The highest BCUT2D eigenvalue weighted by atomic mass is 15.4. The minimum absolute atomic E-state index is 0.554. The molecule has 0 aliphatic carbocycles. The van der Waals surface area contributed by atoms with Gasteiger partial charge in [0.05, 0.1) is 0 Å². The number of hydrazine groups is 1. The van der Waals surface area contributed by atoms with Crippen molar-refractivity contribution in [3.63, 3.8) is 0 Å². The lowest BCUT2D eigenvalue weighted by atomic mass is 10.1. The first-order valence-electron chi connectivity index (χ1n) is 5.57. The second-order valence-electron chi connectivity index (χ2n) is 3.83. The SMILES string of the molecule is CCN=C(NN)N1CCCCCC1C. The number of nitrogens with two attached hydrogens (primary N) is 1. The minimum atomic E-state index is 0.554. The second kappa shape index (κ2) is 5.86. The average molecular weight is 198 g/mol. The maximum atomic E-state index is 5.48. The lowest BCUT2D eigenvalue weighted by Crippen LogP contribution is -2.48. The van der Waals surface area contributed by atoms with E-state index in [1.54, 1.807) is 0 Å². The van der Waals surface area contributed by atoms with Crippen LogP contribution in [0.25, 0.3) is 0 Å². The predicted octanol–water partition coefficient (Wildman–Crippen LogP) is 1.09. The lowest BCUT2D eigenvalue weighted by Gasteiger charge is -2.29. The Labute approximate surface area is 86.5 Å². The molecule has 0 bridgehead atoms. The monoisotopic (exact) mass is 198 g/mol. The molecule has 0 spiro atoms. The number of nitrogens with zero attached hydrogens (tertiary/aromatic N) is 2. The summed E-state index contributed by atoms with van der Waals surface area (Å²) in [5.41, 5.74) is 2.71. The van der Waals surface area contributed by atoms with Gasteiger partial charge in [0.1, 0.15) is 0 Å². The van der Waals surface area contributed by atoms with E-state index in [0.717, 1.165) is 19.0 Å². The van der Waals surface area contributed by atoms with Crippen molar-refractivity contribution in [2.75, 3.05) is 13.1 Å². The summed E-state index contributed by atoms with van der Waals surface area (Å²) in [7, 11) is 0. The normalized spacial score (nSPS) is 24.6. The lowest BCUT2D eigenvalue weighted by molar-refractivity contribution is 0.324. The molecule has 1 aliphatic rings. The molecule has 1 aliphatic heterocycles. The minimum Gasteiger partial charge on any atom is -0.339 e. The quantitative estimate of drug-likeness (QED) is 0.287. The Balaban J connectivity index is 2.65. The predicted molar refractivity (Wildman–Crippen MR) is 59.9 cm³/mol. The van der Waals surface area contributed by atoms with Crippen molar-refractivity contribution >= 4 is 5.96 Å². The Morgan fingerprint density at radius 3 is 2.93 bits per heavy atom. The van der Waals surface area contributed by atoms with Gasteiger partial charge in [-0.05, 0) is 26.7 Å². The van der Waals surface area contributed by atoms with Crippen LogP contribution < -0.4 is 11.3 Å². The van der Waals surface area contributed by atoms with Crippen LogP contribution in [-0.2, 0) is 0 Å². The fraction of sp³-hybridized carbons (Fsp3) is 0.900. The number of nitrogens with one attached hydrogen (secondary N) is 1. The van der Waals surface area contributed by atoms with Crippen LogP contribution in [0.2, 0.25) is 0 Å². The maximum Gasteiger partial charge on any atom is 0.208 e. The average Bonchev–Trinajstić information content (AvgIpc) is 2.40. The van der Waals surface area contributed by atoms with Crippen molar-refractivity contribution in [3.05, 3.63) is 0 Å². The van der Waals surface area contributed by atoms with E-state index in [2.05, 4.69) is 22.2 Å². The van der Waals surface area contributed by atoms with Gasteiger partial charge < -0.3 is 4.90 Å². The van der Waals surface area contributed by atoms with Crippen molar-refractivity contribution < 1.29 is 0 Å². The summed E-state index contributed by atoms with van der Waals surface area (Å²) in [4.78, 5) is 6.65. The van der Waals surface area contributed by atoms with Crippen molar-refractivity contribution in [1.82, 2.24) is 10.3 Å². The summed E-state index contributed by atoms with van der Waals surface area (Å²) < 4.78 is 0.